The van der Waals surface area contributed by atoms with Gasteiger partial charge in [-0.05, 0) is 48.6 Å². The highest BCUT2D eigenvalue weighted by molar-refractivity contribution is 5.46. The van der Waals surface area contributed by atoms with E-state index >= 15 is 0 Å². The molecule has 2 heteroatoms. The van der Waals surface area contributed by atoms with E-state index in [2.05, 4.69) is 0 Å². The average Bonchev–Trinajstić information content (AvgIpc) is 2.68. The van der Waals surface area contributed by atoms with E-state index < -0.39 is 5.60 Å². The number of hydrogen-bond donors (Lipinski definition) is 1. The van der Waals surface area contributed by atoms with E-state index in [9.17, 15) is 9.50 Å². The molecule has 0 amide bonds. The summed E-state index contributed by atoms with van der Waals surface area (Å²) in [4.78, 5) is 0. The molecular formula is C16H15FO. The maximum absolute atomic E-state index is 13.2. The summed E-state index contributed by atoms with van der Waals surface area (Å²) in [5.74, 6) is -0.234. The Kier molecular flexibility index (Phi) is 2.49. The standard InChI is InChI=1S/C16H15FO/c1-11-3-2-4-13(9-11)16(18)8-7-12-10-14(17)5-6-15(12)16/h2-6,9-10,18H,7-8H2,1H3. The average molecular weight is 242 g/mol. The molecule has 1 nitrogen and oxygen atoms in total. The van der Waals surface area contributed by atoms with Crippen LogP contribution in [0.1, 0.15) is 28.7 Å². The van der Waals surface area contributed by atoms with Gasteiger partial charge in [0.15, 0.2) is 0 Å². The molecule has 1 aliphatic carbocycles. The summed E-state index contributed by atoms with van der Waals surface area (Å²) in [5, 5.41) is 10.9. The first-order chi connectivity index (χ1) is 8.59. The van der Waals surface area contributed by atoms with Crippen LogP contribution in [-0.4, -0.2) is 5.11 Å². The SMILES string of the molecule is Cc1cccc(C2(O)CCc3cc(F)ccc32)c1. The predicted octanol–water partition coefficient (Wildman–Crippen LogP) is 3.32. The molecule has 1 atom stereocenters. The summed E-state index contributed by atoms with van der Waals surface area (Å²) in [5.41, 5.74) is 2.81. The van der Waals surface area contributed by atoms with Crippen molar-refractivity contribution in [1.82, 2.24) is 0 Å². The molecule has 0 saturated carbocycles. The van der Waals surface area contributed by atoms with Crippen molar-refractivity contribution in [3.63, 3.8) is 0 Å². The lowest BCUT2D eigenvalue weighted by atomic mass is 9.87. The van der Waals surface area contributed by atoms with E-state index in [0.29, 0.717) is 6.42 Å². The Morgan fingerprint density at radius 1 is 1.17 bits per heavy atom. The normalized spacial score (nSPS) is 21.9. The lowest BCUT2D eigenvalue weighted by Crippen LogP contribution is -2.23. The van der Waals surface area contributed by atoms with Crippen molar-refractivity contribution < 1.29 is 9.50 Å². The third-order valence-electron chi connectivity index (χ3n) is 3.76. The van der Waals surface area contributed by atoms with Crippen LogP contribution in [-0.2, 0) is 12.0 Å². The molecule has 0 aromatic heterocycles. The number of aliphatic hydroxyl groups is 1. The topological polar surface area (TPSA) is 20.2 Å². The minimum Gasteiger partial charge on any atom is -0.380 e. The number of hydrogen-bond acceptors (Lipinski definition) is 1. The highest BCUT2D eigenvalue weighted by atomic mass is 19.1. The number of aryl methyl sites for hydroxylation is 2. The highest BCUT2D eigenvalue weighted by Gasteiger charge is 2.38. The van der Waals surface area contributed by atoms with Gasteiger partial charge in [0, 0.05) is 0 Å². The first-order valence-electron chi connectivity index (χ1n) is 6.18. The van der Waals surface area contributed by atoms with E-state index in [1.165, 1.54) is 12.1 Å². The molecule has 92 valence electrons. The van der Waals surface area contributed by atoms with E-state index in [0.717, 1.165) is 28.7 Å². The van der Waals surface area contributed by atoms with Crippen molar-refractivity contribution in [2.24, 2.45) is 0 Å². The lowest BCUT2D eigenvalue weighted by Gasteiger charge is -2.25. The van der Waals surface area contributed by atoms with Crippen molar-refractivity contribution in [3.05, 3.63) is 70.5 Å². The zero-order chi connectivity index (χ0) is 12.8. The van der Waals surface area contributed by atoms with Gasteiger partial charge in [0.2, 0.25) is 0 Å². The summed E-state index contributed by atoms with van der Waals surface area (Å²) in [6.45, 7) is 2.01. The number of benzene rings is 2. The van der Waals surface area contributed by atoms with Gasteiger partial charge in [-0.1, -0.05) is 35.9 Å². The van der Waals surface area contributed by atoms with Gasteiger partial charge in [-0.25, -0.2) is 4.39 Å². The molecular weight excluding hydrogens is 227 g/mol. The Morgan fingerprint density at radius 2 is 2.00 bits per heavy atom. The van der Waals surface area contributed by atoms with Crippen LogP contribution in [0.25, 0.3) is 0 Å². The molecule has 18 heavy (non-hydrogen) atoms. The van der Waals surface area contributed by atoms with Crippen molar-refractivity contribution in [2.45, 2.75) is 25.4 Å². The van der Waals surface area contributed by atoms with E-state index in [-0.39, 0.29) is 5.82 Å². The molecule has 2 aromatic carbocycles. The quantitative estimate of drug-likeness (QED) is 0.813. The second-order valence-corrected chi connectivity index (χ2v) is 5.03. The molecule has 2 aromatic rings. The molecule has 3 rings (SSSR count). The van der Waals surface area contributed by atoms with Crippen LogP contribution in [0.4, 0.5) is 4.39 Å². The third kappa shape index (κ3) is 1.65. The molecule has 0 aliphatic heterocycles. The zero-order valence-corrected chi connectivity index (χ0v) is 10.3. The van der Waals surface area contributed by atoms with Crippen LogP contribution in [0.5, 0.6) is 0 Å². The van der Waals surface area contributed by atoms with Crippen LogP contribution in [0.3, 0.4) is 0 Å². The molecule has 0 heterocycles. The molecule has 0 radical (unpaired) electrons. The molecule has 0 saturated heterocycles. The van der Waals surface area contributed by atoms with Gasteiger partial charge in [-0.15, -0.1) is 0 Å². The van der Waals surface area contributed by atoms with Gasteiger partial charge in [0.1, 0.15) is 11.4 Å². The Balaban J connectivity index is 2.14. The van der Waals surface area contributed by atoms with Crippen LogP contribution in [0, 0.1) is 12.7 Å². The van der Waals surface area contributed by atoms with E-state index in [1.807, 2.05) is 31.2 Å². The van der Waals surface area contributed by atoms with Crippen molar-refractivity contribution in [1.29, 1.82) is 0 Å². The Morgan fingerprint density at radius 3 is 2.78 bits per heavy atom. The summed E-state index contributed by atoms with van der Waals surface area (Å²) in [6, 6.07) is 12.6. The second-order valence-electron chi connectivity index (χ2n) is 5.03. The van der Waals surface area contributed by atoms with Crippen molar-refractivity contribution in [3.8, 4) is 0 Å². The second kappa shape index (κ2) is 3.92. The summed E-state index contributed by atoms with van der Waals surface area (Å²) in [7, 11) is 0. The van der Waals surface area contributed by atoms with E-state index in [1.54, 1.807) is 6.07 Å². The minimum atomic E-state index is -0.963. The number of rotatable bonds is 1. The van der Waals surface area contributed by atoms with E-state index in [4.69, 9.17) is 0 Å². The predicted molar refractivity (Wildman–Crippen MR) is 68.9 cm³/mol. The van der Waals surface area contributed by atoms with Crippen LogP contribution < -0.4 is 0 Å². The largest absolute Gasteiger partial charge is 0.380 e. The first kappa shape index (κ1) is 11.4. The molecule has 0 fully saturated rings. The van der Waals surface area contributed by atoms with Gasteiger partial charge >= 0.3 is 0 Å². The zero-order valence-electron chi connectivity index (χ0n) is 10.3. The highest BCUT2D eigenvalue weighted by Crippen LogP contribution is 2.42. The maximum Gasteiger partial charge on any atom is 0.123 e. The maximum atomic E-state index is 13.2. The summed E-state index contributed by atoms with van der Waals surface area (Å²) in [6.07, 6.45) is 1.34. The van der Waals surface area contributed by atoms with Gasteiger partial charge in [-0.3, -0.25) is 0 Å². The third-order valence-corrected chi connectivity index (χ3v) is 3.76. The van der Waals surface area contributed by atoms with Gasteiger partial charge < -0.3 is 5.11 Å². The molecule has 0 spiro atoms. The van der Waals surface area contributed by atoms with Crippen molar-refractivity contribution in [2.75, 3.05) is 0 Å². The van der Waals surface area contributed by atoms with Gasteiger partial charge in [0.25, 0.3) is 0 Å². The number of halogens is 1. The Bertz CT molecular complexity index is 606. The fourth-order valence-corrected chi connectivity index (χ4v) is 2.82. The lowest BCUT2D eigenvalue weighted by molar-refractivity contribution is 0.0828. The van der Waals surface area contributed by atoms with Crippen LogP contribution in [0.2, 0.25) is 0 Å². The summed E-state index contributed by atoms with van der Waals surface area (Å²) >= 11 is 0. The van der Waals surface area contributed by atoms with Gasteiger partial charge in [-0.2, -0.15) is 0 Å². The first-order valence-corrected chi connectivity index (χ1v) is 6.18. The van der Waals surface area contributed by atoms with Crippen LogP contribution in [0.15, 0.2) is 42.5 Å². The van der Waals surface area contributed by atoms with Crippen LogP contribution >= 0.6 is 0 Å². The molecule has 1 unspecified atom stereocenters. The minimum absolute atomic E-state index is 0.234. The monoisotopic (exact) mass is 242 g/mol. The summed E-state index contributed by atoms with van der Waals surface area (Å²) < 4.78 is 13.2. The molecule has 1 aliphatic rings. The molecule has 1 N–H and O–H groups in total. The number of fused-ring (bicyclic) bond motifs is 1. The smallest absolute Gasteiger partial charge is 0.123 e. The fourth-order valence-electron chi connectivity index (χ4n) is 2.82. The van der Waals surface area contributed by atoms with Crippen molar-refractivity contribution >= 4 is 0 Å². The Labute approximate surface area is 106 Å². The Hall–Kier alpha value is -1.67. The fraction of sp³-hybridized carbons (Fsp3) is 0.250. The van der Waals surface area contributed by atoms with Gasteiger partial charge in [0.05, 0.1) is 0 Å². The molecule has 0 bridgehead atoms.